The van der Waals surface area contributed by atoms with Gasteiger partial charge in [0.2, 0.25) is 5.76 Å². The first-order chi connectivity index (χ1) is 10.8. The molecule has 0 saturated heterocycles. The van der Waals surface area contributed by atoms with Crippen LogP contribution in [0, 0.1) is 0 Å². The SMILES string of the molecule is COc1cccc(-c2cc(COC(=O)c3ccco3)no2)c1. The normalized spacial score (nSPS) is 10.4. The molecule has 6 heteroatoms. The van der Waals surface area contributed by atoms with Gasteiger partial charge >= 0.3 is 5.97 Å². The molecule has 0 bridgehead atoms. The highest BCUT2D eigenvalue weighted by Gasteiger charge is 2.13. The third kappa shape index (κ3) is 3.01. The molecule has 0 N–H and O–H groups in total. The second-order valence-corrected chi connectivity index (χ2v) is 4.47. The molecule has 0 radical (unpaired) electrons. The zero-order valence-electron chi connectivity index (χ0n) is 11.8. The zero-order chi connectivity index (χ0) is 15.4. The van der Waals surface area contributed by atoms with E-state index in [1.54, 1.807) is 19.2 Å². The van der Waals surface area contributed by atoms with Gasteiger partial charge in [0.15, 0.2) is 5.76 Å². The molecular formula is C16H13NO5. The number of carbonyl (C=O) groups is 1. The van der Waals surface area contributed by atoms with Gasteiger partial charge < -0.3 is 18.4 Å². The number of ether oxygens (including phenoxy) is 2. The largest absolute Gasteiger partial charge is 0.497 e. The molecule has 0 aliphatic heterocycles. The van der Waals surface area contributed by atoms with Crippen molar-refractivity contribution in [1.29, 1.82) is 0 Å². The fourth-order valence-corrected chi connectivity index (χ4v) is 1.90. The van der Waals surface area contributed by atoms with E-state index >= 15 is 0 Å². The maximum absolute atomic E-state index is 11.6. The number of methoxy groups -OCH3 is 1. The molecule has 0 fully saturated rings. The first kappa shape index (κ1) is 13.9. The van der Waals surface area contributed by atoms with E-state index in [1.807, 2.05) is 24.3 Å². The third-order valence-electron chi connectivity index (χ3n) is 2.99. The van der Waals surface area contributed by atoms with Crippen LogP contribution in [0.25, 0.3) is 11.3 Å². The lowest BCUT2D eigenvalue weighted by atomic mass is 10.1. The van der Waals surface area contributed by atoms with Crippen LogP contribution in [0.15, 0.2) is 57.7 Å². The van der Waals surface area contributed by atoms with Crippen molar-refractivity contribution in [2.75, 3.05) is 7.11 Å². The number of aromatic nitrogens is 1. The Hall–Kier alpha value is -3.02. The van der Waals surface area contributed by atoms with Crippen LogP contribution < -0.4 is 4.74 Å². The van der Waals surface area contributed by atoms with Crippen LogP contribution in [0.5, 0.6) is 5.75 Å². The summed E-state index contributed by atoms with van der Waals surface area (Å²) in [5.74, 6) is 0.898. The second-order valence-electron chi connectivity index (χ2n) is 4.47. The van der Waals surface area contributed by atoms with Crippen LogP contribution in [0.3, 0.4) is 0 Å². The van der Waals surface area contributed by atoms with Crippen LogP contribution in [-0.2, 0) is 11.3 Å². The van der Waals surface area contributed by atoms with E-state index in [1.165, 1.54) is 12.3 Å². The minimum atomic E-state index is -0.545. The maximum Gasteiger partial charge on any atom is 0.374 e. The number of benzene rings is 1. The van der Waals surface area contributed by atoms with Crippen LogP contribution in [0.4, 0.5) is 0 Å². The van der Waals surface area contributed by atoms with Crippen molar-refractivity contribution in [2.24, 2.45) is 0 Å². The third-order valence-corrected chi connectivity index (χ3v) is 2.99. The van der Waals surface area contributed by atoms with Gasteiger partial charge in [-0.15, -0.1) is 0 Å². The molecule has 22 heavy (non-hydrogen) atoms. The molecule has 0 saturated carbocycles. The quantitative estimate of drug-likeness (QED) is 0.673. The smallest absolute Gasteiger partial charge is 0.374 e. The Kier molecular flexibility index (Phi) is 3.91. The summed E-state index contributed by atoms with van der Waals surface area (Å²) in [4.78, 5) is 11.6. The van der Waals surface area contributed by atoms with Gasteiger partial charge in [-0.25, -0.2) is 4.79 Å². The molecule has 3 rings (SSSR count). The Morgan fingerprint density at radius 1 is 1.23 bits per heavy atom. The summed E-state index contributed by atoms with van der Waals surface area (Å²) in [6.07, 6.45) is 1.41. The van der Waals surface area contributed by atoms with Gasteiger partial charge in [0.1, 0.15) is 18.1 Å². The lowest BCUT2D eigenvalue weighted by molar-refractivity contribution is 0.0428. The molecule has 0 aliphatic carbocycles. The Labute approximate surface area is 126 Å². The number of carbonyl (C=O) groups excluding carboxylic acids is 1. The van der Waals surface area contributed by atoms with E-state index in [-0.39, 0.29) is 12.4 Å². The fraction of sp³-hybridized carbons (Fsp3) is 0.125. The van der Waals surface area contributed by atoms with Gasteiger partial charge in [0, 0.05) is 11.6 Å². The summed E-state index contributed by atoms with van der Waals surface area (Å²) < 4.78 is 20.5. The van der Waals surface area contributed by atoms with Crippen molar-refractivity contribution in [3.63, 3.8) is 0 Å². The molecule has 1 aromatic carbocycles. The van der Waals surface area contributed by atoms with Crippen molar-refractivity contribution in [2.45, 2.75) is 6.61 Å². The second kappa shape index (κ2) is 6.17. The average Bonchev–Trinajstić information content (AvgIpc) is 3.24. The summed E-state index contributed by atoms with van der Waals surface area (Å²) in [5, 5.41) is 3.88. The lowest BCUT2D eigenvalue weighted by Gasteiger charge is -2.00. The van der Waals surface area contributed by atoms with Gasteiger partial charge in [-0.05, 0) is 24.3 Å². The Bertz CT molecular complexity index is 760. The van der Waals surface area contributed by atoms with E-state index in [0.29, 0.717) is 11.5 Å². The summed E-state index contributed by atoms with van der Waals surface area (Å²) in [7, 11) is 1.60. The van der Waals surface area contributed by atoms with Crippen LogP contribution in [0.2, 0.25) is 0 Å². The van der Waals surface area contributed by atoms with Crippen molar-refractivity contribution >= 4 is 5.97 Å². The highest BCUT2D eigenvalue weighted by molar-refractivity contribution is 5.86. The first-order valence-corrected chi connectivity index (χ1v) is 6.57. The average molecular weight is 299 g/mol. The topological polar surface area (TPSA) is 74.7 Å². The number of furan rings is 1. The number of esters is 1. The number of nitrogens with zero attached hydrogens (tertiary/aromatic N) is 1. The molecule has 112 valence electrons. The minimum absolute atomic E-state index is 0.00695. The zero-order valence-corrected chi connectivity index (χ0v) is 11.8. The first-order valence-electron chi connectivity index (χ1n) is 6.57. The Morgan fingerprint density at radius 2 is 2.14 bits per heavy atom. The minimum Gasteiger partial charge on any atom is -0.497 e. The number of rotatable bonds is 5. The van der Waals surface area contributed by atoms with E-state index < -0.39 is 5.97 Å². The number of hydrogen-bond donors (Lipinski definition) is 0. The van der Waals surface area contributed by atoms with Gasteiger partial charge in [-0.3, -0.25) is 0 Å². The molecule has 0 unspecified atom stereocenters. The highest BCUT2D eigenvalue weighted by Crippen LogP contribution is 2.24. The molecule has 0 aliphatic rings. The Balaban J connectivity index is 1.67. The molecule has 3 aromatic rings. The van der Waals surface area contributed by atoms with E-state index in [9.17, 15) is 4.79 Å². The standard InChI is InChI=1S/C16H13NO5/c1-19-13-5-2-4-11(8-13)15-9-12(17-22-15)10-21-16(18)14-6-3-7-20-14/h2-9H,10H2,1H3. The van der Waals surface area contributed by atoms with E-state index in [0.717, 1.165) is 11.3 Å². The maximum atomic E-state index is 11.6. The summed E-state index contributed by atoms with van der Waals surface area (Å²) in [6.45, 7) is 0.00695. The van der Waals surface area contributed by atoms with Crippen LogP contribution in [-0.4, -0.2) is 18.2 Å². The summed E-state index contributed by atoms with van der Waals surface area (Å²) in [6, 6.07) is 12.3. The predicted octanol–water partition coefficient (Wildman–Crippen LogP) is 3.30. The summed E-state index contributed by atoms with van der Waals surface area (Å²) >= 11 is 0. The highest BCUT2D eigenvalue weighted by atomic mass is 16.5. The lowest BCUT2D eigenvalue weighted by Crippen LogP contribution is -2.03. The molecular weight excluding hydrogens is 286 g/mol. The number of hydrogen-bond acceptors (Lipinski definition) is 6. The van der Waals surface area contributed by atoms with Crippen molar-refractivity contribution in [3.05, 3.63) is 60.2 Å². The molecule has 2 heterocycles. The van der Waals surface area contributed by atoms with Gasteiger partial charge in [-0.1, -0.05) is 17.3 Å². The molecule has 2 aromatic heterocycles. The molecule has 0 spiro atoms. The van der Waals surface area contributed by atoms with Crippen LogP contribution >= 0.6 is 0 Å². The van der Waals surface area contributed by atoms with Crippen molar-refractivity contribution in [1.82, 2.24) is 5.16 Å². The van der Waals surface area contributed by atoms with Gasteiger partial charge in [0.25, 0.3) is 0 Å². The van der Waals surface area contributed by atoms with Crippen molar-refractivity contribution in [3.8, 4) is 17.1 Å². The molecule has 6 nitrogen and oxygen atoms in total. The van der Waals surface area contributed by atoms with Crippen molar-refractivity contribution < 1.29 is 23.2 Å². The fourth-order valence-electron chi connectivity index (χ4n) is 1.90. The predicted molar refractivity (Wildman–Crippen MR) is 76.3 cm³/mol. The molecule has 0 atom stereocenters. The Morgan fingerprint density at radius 3 is 2.91 bits per heavy atom. The van der Waals surface area contributed by atoms with Gasteiger partial charge in [-0.2, -0.15) is 0 Å². The van der Waals surface area contributed by atoms with E-state index in [4.69, 9.17) is 18.4 Å². The van der Waals surface area contributed by atoms with Crippen LogP contribution in [0.1, 0.15) is 16.2 Å². The van der Waals surface area contributed by atoms with Gasteiger partial charge in [0.05, 0.1) is 13.4 Å². The summed E-state index contributed by atoms with van der Waals surface area (Å²) in [5.41, 5.74) is 1.34. The molecule has 0 amide bonds. The monoisotopic (exact) mass is 299 g/mol. The van der Waals surface area contributed by atoms with E-state index in [2.05, 4.69) is 5.16 Å².